The molecule has 0 bridgehead atoms. The van der Waals surface area contributed by atoms with E-state index < -0.39 is 6.10 Å². The van der Waals surface area contributed by atoms with Gasteiger partial charge in [-0.2, -0.15) is 0 Å². The highest BCUT2D eigenvalue weighted by Crippen LogP contribution is 2.47. The van der Waals surface area contributed by atoms with E-state index in [9.17, 15) is 9.90 Å². The Kier molecular flexibility index (Phi) is 7.00. The fraction of sp³-hybridized carbons (Fsp3) is 0.552. The number of amides is 1. The molecule has 0 spiro atoms. The molecule has 33 heavy (non-hydrogen) atoms. The van der Waals surface area contributed by atoms with Gasteiger partial charge in [0.2, 0.25) is 5.91 Å². The third-order valence-electron chi connectivity index (χ3n) is 6.47. The minimum absolute atomic E-state index is 0.00320. The van der Waals surface area contributed by atoms with Gasteiger partial charge in [0.25, 0.3) is 0 Å². The van der Waals surface area contributed by atoms with Gasteiger partial charge in [-0.15, -0.1) is 0 Å². The number of rotatable bonds is 6. The first-order valence-corrected chi connectivity index (χ1v) is 12.1. The zero-order valence-electron chi connectivity index (χ0n) is 21.8. The Morgan fingerprint density at radius 3 is 2.27 bits per heavy atom. The van der Waals surface area contributed by atoms with Crippen LogP contribution in [0.5, 0.6) is 5.75 Å². The summed E-state index contributed by atoms with van der Waals surface area (Å²) in [5, 5.41) is 14.6. The van der Waals surface area contributed by atoms with Crippen LogP contribution >= 0.6 is 0 Å². The molecule has 2 aromatic rings. The maximum absolute atomic E-state index is 12.8. The molecule has 3 rings (SSSR count). The lowest BCUT2D eigenvalue weighted by Crippen LogP contribution is -2.25. The summed E-state index contributed by atoms with van der Waals surface area (Å²) in [5.74, 6) is 1.26. The molecular formula is C29H41NO3. The molecule has 0 aliphatic carbocycles. The SMILES string of the molecule is Cc1c2c(c(C(O)Cc3ccc(C(C)C)cc3)c(C)c1NC(=O)CC(C)(C)C)OC(C)(C)C2. The third-order valence-corrected chi connectivity index (χ3v) is 6.47. The highest BCUT2D eigenvalue weighted by Gasteiger charge is 2.37. The first kappa shape index (κ1) is 25.3. The summed E-state index contributed by atoms with van der Waals surface area (Å²) < 4.78 is 6.36. The van der Waals surface area contributed by atoms with Crippen molar-refractivity contribution in [1.29, 1.82) is 0 Å². The summed E-state index contributed by atoms with van der Waals surface area (Å²) in [7, 11) is 0. The van der Waals surface area contributed by atoms with Crippen LogP contribution < -0.4 is 10.1 Å². The van der Waals surface area contributed by atoms with Crippen molar-refractivity contribution >= 4 is 11.6 Å². The van der Waals surface area contributed by atoms with Gasteiger partial charge < -0.3 is 15.2 Å². The molecule has 1 atom stereocenters. The van der Waals surface area contributed by atoms with E-state index in [1.807, 2.05) is 13.8 Å². The number of benzene rings is 2. The summed E-state index contributed by atoms with van der Waals surface area (Å²) >= 11 is 0. The van der Waals surface area contributed by atoms with E-state index in [2.05, 4.69) is 78.0 Å². The molecule has 1 aliphatic rings. The molecule has 180 valence electrons. The monoisotopic (exact) mass is 451 g/mol. The number of ether oxygens (including phenoxy) is 1. The van der Waals surface area contributed by atoms with Crippen molar-refractivity contribution in [2.75, 3.05) is 5.32 Å². The molecule has 0 fully saturated rings. The second-order valence-corrected chi connectivity index (χ2v) is 11.8. The number of carbonyl (C=O) groups excluding carboxylic acids is 1. The third kappa shape index (κ3) is 5.78. The van der Waals surface area contributed by atoms with E-state index in [1.165, 1.54) is 5.56 Å². The number of aliphatic hydroxyl groups is 1. The van der Waals surface area contributed by atoms with Crippen molar-refractivity contribution in [3.8, 4) is 5.75 Å². The molecule has 2 aromatic carbocycles. The Morgan fingerprint density at radius 2 is 1.73 bits per heavy atom. The van der Waals surface area contributed by atoms with Crippen LogP contribution in [0.1, 0.15) is 100 Å². The van der Waals surface area contributed by atoms with Crippen molar-refractivity contribution in [3.63, 3.8) is 0 Å². The zero-order chi connectivity index (χ0) is 24.7. The number of anilines is 1. The van der Waals surface area contributed by atoms with Gasteiger partial charge in [-0.05, 0) is 61.3 Å². The van der Waals surface area contributed by atoms with Gasteiger partial charge in [0, 0.05) is 36.1 Å². The van der Waals surface area contributed by atoms with Gasteiger partial charge in [0.05, 0.1) is 6.10 Å². The summed E-state index contributed by atoms with van der Waals surface area (Å²) in [6.45, 7) is 18.7. The quantitative estimate of drug-likeness (QED) is 0.508. The van der Waals surface area contributed by atoms with Crippen LogP contribution in [0.2, 0.25) is 0 Å². The van der Waals surface area contributed by atoms with Crippen molar-refractivity contribution in [3.05, 3.63) is 57.6 Å². The molecule has 0 saturated heterocycles. The summed E-state index contributed by atoms with van der Waals surface area (Å²) in [6, 6.07) is 8.46. The molecule has 0 radical (unpaired) electrons. The van der Waals surface area contributed by atoms with Gasteiger partial charge in [-0.1, -0.05) is 58.9 Å². The Labute approximate surface area is 199 Å². The van der Waals surface area contributed by atoms with E-state index in [-0.39, 0.29) is 16.9 Å². The lowest BCUT2D eigenvalue weighted by molar-refractivity contribution is -0.117. The van der Waals surface area contributed by atoms with E-state index in [1.54, 1.807) is 0 Å². The average molecular weight is 452 g/mol. The Bertz CT molecular complexity index is 1030. The van der Waals surface area contributed by atoms with E-state index in [0.717, 1.165) is 45.7 Å². The van der Waals surface area contributed by atoms with Crippen molar-refractivity contribution in [2.45, 2.75) is 99.2 Å². The lowest BCUT2D eigenvalue weighted by atomic mass is 9.87. The zero-order valence-corrected chi connectivity index (χ0v) is 21.8. The number of fused-ring (bicyclic) bond motifs is 1. The molecular weight excluding hydrogens is 410 g/mol. The predicted molar refractivity (Wildman–Crippen MR) is 136 cm³/mol. The fourth-order valence-electron chi connectivity index (χ4n) is 4.76. The lowest BCUT2D eigenvalue weighted by Gasteiger charge is -2.25. The molecule has 1 heterocycles. The molecule has 4 heteroatoms. The predicted octanol–water partition coefficient (Wildman–Crippen LogP) is 6.79. The normalized spacial score (nSPS) is 15.8. The van der Waals surface area contributed by atoms with Gasteiger partial charge in [-0.3, -0.25) is 4.79 Å². The maximum atomic E-state index is 12.8. The Hall–Kier alpha value is -2.33. The average Bonchev–Trinajstić information content (AvgIpc) is 2.99. The van der Waals surface area contributed by atoms with E-state index in [0.29, 0.717) is 18.8 Å². The highest BCUT2D eigenvalue weighted by molar-refractivity contribution is 5.93. The molecule has 0 saturated carbocycles. The molecule has 1 aliphatic heterocycles. The van der Waals surface area contributed by atoms with Crippen LogP contribution in [0, 0.1) is 19.3 Å². The minimum Gasteiger partial charge on any atom is -0.487 e. The molecule has 4 nitrogen and oxygen atoms in total. The first-order valence-electron chi connectivity index (χ1n) is 12.1. The molecule has 0 aromatic heterocycles. The second-order valence-electron chi connectivity index (χ2n) is 11.8. The smallest absolute Gasteiger partial charge is 0.224 e. The summed E-state index contributed by atoms with van der Waals surface area (Å²) in [4.78, 5) is 12.8. The van der Waals surface area contributed by atoms with Crippen LogP contribution in [0.3, 0.4) is 0 Å². The Balaban J connectivity index is 2.01. The van der Waals surface area contributed by atoms with Crippen LogP contribution in [-0.2, 0) is 17.6 Å². The second kappa shape index (κ2) is 9.13. The van der Waals surface area contributed by atoms with Gasteiger partial charge in [0.15, 0.2) is 0 Å². The topological polar surface area (TPSA) is 58.6 Å². The molecule has 1 unspecified atom stereocenters. The van der Waals surface area contributed by atoms with Crippen LogP contribution in [0.4, 0.5) is 5.69 Å². The number of nitrogens with one attached hydrogen (secondary N) is 1. The van der Waals surface area contributed by atoms with Crippen LogP contribution in [-0.4, -0.2) is 16.6 Å². The molecule has 1 amide bonds. The minimum atomic E-state index is -0.726. The maximum Gasteiger partial charge on any atom is 0.224 e. The number of hydrogen-bond donors (Lipinski definition) is 2. The number of carbonyl (C=O) groups is 1. The largest absolute Gasteiger partial charge is 0.487 e. The first-order chi connectivity index (χ1) is 15.2. The van der Waals surface area contributed by atoms with Gasteiger partial charge in [0.1, 0.15) is 11.4 Å². The van der Waals surface area contributed by atoms with Crippen molar-refractivity contribution in [2.24, 2.45) is 5.41 Å². The Morgan fingerprint density at radius 1 is 1.12 bits per heavy atom. The van der Waals surface area contributed by atoms with E-state index in [4.69, 9.17) is 4.74 Å². The number of hydrogen-bond acceptors (Lipinski definition) is 3. The summed E-state index contributed by atoms with van der Waals surface area (Å²) in [6.07, 6.45) is 0.953. The van der Waals surface area contributed by atoms with Gasteiger partial charge >= 0.3 is 0 Å². The standard InChI is InChI=1S/C29H41NO3/c1-17(2)21-12-10-20(11-13-21)14-23(31)25-19(4)26(30-24(32)16-28(5,6)7)18(3)22-15-29(8,9)33-27(22)25/h10-13,17,23,31H,14-16H2,1-9H3,(H,30,32). The number of aliphatic hydroxyl groups excluding tert-OH is 1. The fourth-order valence-corrected chi connectivity index (χ4v) is 4.76. The summed E-state index contributed by atoms with van der Waals surface area (Å²) in [5.41, 5.74) is 6.53. The molecule has 2 N–H and O–H groups in total. The van der Waals surface area contributed by atoms with E-state index >= 15 is 0 Å². The van der Waals surface area contributed by atoms with Gasteiger partial charge in [-0.25, -0.2) is 0 Å². The van der Waals surface area contributed by atoms with Crippen molar-refractivity contribution < 1.29 is 14.6 Å². The van der Waals surface area contributed by atoms with Crippen LogP contribution in [0.15, 0.2) is 24.3 Å². The van der Waals surface area contributed by atoms with Crippen molar-refractivity contribution in [1.82, 2.24) is 0 Å². The highest BCUT2D eigenvalue weighted by atomic mass is 16.5. The van der Waals surface area contributed by atoms with Crippen LogP contribution in [0.25, 0.3) is 0 Å².